The zero-order valence-electron chi connectivity index (χ0n) is 13.6. The first-order chi connectivity index (χ1) is 9.97. The minimum atomic E-state index is 0.649. The lowest BCUT2D eigenvalue weighted by Crippen LogP contribution is -2.25. The number of nitrogens with zero attached hydrogens (tertiary/aromatic N) is 1. The van der Waals surface area contributed by atoms with Gasteiger partial charge in [-0.1, -0.05) is 39.3 Å². The van der Waals surface area contributed by atoms with Crippen LogP contribution >= 0.6 is 11.6 Å². The van der Waals surface area contributed by atoms with Crippen molar-refractivity contribution >= 4 is 17.4 Å². The van der Waals surface area contributed by atoms with E-state index in [-0.39, 0.29) is 0 Å². The van der Waals surface area contributed by atoms with Crippen LogP contribution in [0.4, 0.5) is 5.82 Å². The second kappa shape index (κ2) is 7.46. The molecular formula is C17H28ClN3. The Hall–Kier alpha value is -0.800. The van der Waals surface area contributed by atoms with Crippen molar-refractivity contribution in [3.05, 3.63) is 22.8 Å². The largest absolute Gasteiger partial charge is 0.370 e. The number of hydrogen-bond acceptors (Lipinski definition) is 3. The predicted octanol–water partition coefficient (Wildman–Crippen LogP) is 4.33. The first-order valence-corrected chi connectivity index (χ1v) is 8.46. The summed E-state index contributed by atoms with van der Waals surface area (Å²) in [7, 11) is 0. The molecule has 0 saturated heterocycles. The lowest BCUT2D eigenvalue weighted by molar-refractivity contribution is 0.304. The molecule has 0 aliphatic heterocycles. The molecule has 0 radical (unpaired) electrons. The van der Waals surface area contributed by atoms with Gasteiger partial charge in [-0.05, 0) is 42.2 Å². The third kappa shape index (κ3) is 5.15. The van der Waals surface area contributed by atoms with Crippen LogP contribution in [0.25, 0.3) is 0 Å². The Kier molecular flexibility index (Phi) is 5.88. The average molecular weight is 310 g/mol. The van der Waals surface area contributed by atoms with Gasteiger partial charge in [0.15, 0.2) is 0 Å². The van der Waals surface area contributed by atoms with Gasteiger partial charge in [-0.2, -0.15) is 0 Å². The molecule has 1 aromatic rings. The summed E-state index contributed by atoms with van der Waals surface area (Å²) < 4.78 is 0. The monoisotopic (exact) mass is 309 g/mol. The van der Waals surface area contributed by atoms with E-state index < -0.39 is 0 Å². The lowest BCUT2D eigenvalue weighted by Gasteiger charge is -2.25. The number of rotatable bonds is 8. The zero-order chi connectivity index (χ0) is 15.4. The number of anilines is 1. The van der Waals surface area contributed by atoms with Gasteiger partial charge in [0.2, 0.25) is 0 Å². The average Bonchev–Trinajstić information content (AvgIpc) is 3.22. The fourth-order valence-corrected chi connectivity index (χ4v) is 2.89. The summed E-state index contributed by atoms with van der Waals surface area (Å²) in [5.74, 6) is 2.91. The number of hydrogen-bond donors (Lipinski definition) is 2. The van der Waals surface area contributed by atoms with Gasteiger partial charge in [-0.25, -0.2) is 4.98 Å². The van der Waals surface area contributed by atoms with Gasteiger partial charge in [0.1, 0.15) is 5.82 Å². The van der Waals surface area contributed by atoms with E-state index in [0.29, 0.717) is 23.8 Å². The molecule has 0 spiro atoms. The molecule has 0 atom stereocenters. The summed E-state index contributed by atoms with van der Waals surface area (Å²) in [5, 5.41) is 7.73. The Morgan fingerprint density at radius 1 is 1.24 bits per heavy atom. The maximum atomic E-state index is 6.23. The standard InChI is InChI=1S/C17H28ClN3/c1-11(2)15(12(3)4)9-20-17-7-13(16(18)10-21-17)8-19-14-5-6-14/h7,10-12,14-15,19H,5-6,8-9H2,1-4H3,(H,20,21). The fraction of sp³-hybridized carbons (Fsp3) is 0.706. The summed E-state index contributed by atoms with van der Waals surface area (Å²) in [6.07, 6.45) is 4.34. The molecule has 1 aliphatic carbocycles. The van der Waals surface area contributed by atoms with Crippen molar-refractivity contribution in [1.82, 2.24) is 10.3 Å². The second-order valence-electron chi connectivity index (χ2n) is 6.85. The minimum Gasteiger partial charge on any atom is -0.370 e. The maximum absolute atomic E-state index is 6.23. The van der Waals surface area contributed by atoms with Crippen LogP contribution in [0.3, 0.4) is 0 Å². The summed E-state index contributed by atoms with van der Waals surface area (Å²) in [4.78, 5) is 4.40. The molecule has 118 valence electrons. The number of halogens is 1. The molecular weight excluding hydrogens is 282 g/mol. The lowest BCUT2D eigenvalue weighted by atomic mass is 9.85. The Balaban J connectivity index is 1.94. The first-order valence-electron chi connectivity index (χ1n) is 8.09. The van der Waals surface area contributed by atoms with E-state index in [2.05, 4.69) is 49.4 Å². The highest BCUT2D eigenvalue weighted by molar-refractivity contribution is 6.31. The van der Waals surface area contributed by atoms with Crippen molar-refractivity contribution in [2.75, 3.05) is 11.9 Å². The van der Waals surface area contributed by atoms with Crippen LogP contribution in [0.15, 0.2) is 12.3 Å². The number of nitrogens with one attached hydrogen (secondary N) is 2. The normalized spacial score (nSPS) is 15.2. The highest BCUT2D eigenvalue weighted by Crippen LogP contribution is 2.24. The molecule has 1 fully saturated rings. The van der Waals surface area contributed by atoms with Gasteiger partial charge in [-0.15, -0.1) is 0 Å². The molecule has 1 aromatic heterocycles. The number of pyridine rings is 1. The Labute approximate surface area is 133 Å². The van der Waals surface area contributed by atoms with Crippen LogP contribution in [0.2, 0.25) is 5.02 Å². The SMILES string of the molecule is CC(C)C(CNc1cc(CNC2CC2)c(Cl)cn1)C(C)C. The van der Waals surface area contributed by atoms with E-state index in [4.69, 9.17) is 11.6 Å². The zero-order valence-corrected chi connectivity index (χ0v) is 14.4. The molecule has 0 amide bonds. The Morgan fingerprint density at radius 3 is 2.48 bits per heavy atom. The van der Waals surface area contributed by atoms with Gasteiger partial charge in [-0.3, -0.25) is 0 Å². The minimum absolute atomic E-state index is 0.649. The third-order valence-electron chi connectivity index (χ3n) is 4.32. The fourth-order valence-electron chi connectivity index (χ4n) is 2.72. The van der Waals surface area contributed by atoms with Crippen molar-refractivity contribution in [2.45, 2.75) is 53.1 Å². The molecule has 0 aromatic carbocycles. The smallest absolute Gasteiger partial charge is 0.126 e. The number of aromatic nitrogens is 1. The molecule has 1 heterocycles. The van der Waals surface area contributed by atoms with Crippen LogP contribution in [0, 0.1) is 17.8 Å². The third-order valence-corrected chi connectivity index (χ3v) is 4.67. The van der Waals surface area contributed by atoms with Crippen LogP contribution < -0.4 is 10.6 Å². The Bertz CT molecular complexity index is 447. The molecule has 4 heteroatoms. The van der Waals surface area contributed by atoms with Crippen molar-refractivity contribution in [1.29, 1.82) is 0 Å². The summed E-state index contributed by atoms with van der Waals surface area (Å²) in [6, 6.07) is 2.77. The second-order valence-corrected chi connectivity index (χ2v) is 7.26. The predicted molar refractivity (Wildman–Crippen MR) is 90.8 cm³/mol. The topological polar surface area (TPSA) is 37.0 Å². The molecule has 1 saturated carbocycles. The Morgan fingerprint density at radius 2 is 1.90 bits per heavy atom. The quantitative estimate of drug-likeness (QED) is 0.750. The van der Waals surface area contributed by atoms with Crippen molar-refractivity contribution in [2.24, 2.45) is 17.8 Å². The van der Waals surface area contributed by atoms with E-state index in [1.165, 1.54) is 12.8 Å². The van der Waals surface area contributed by atoms with Crippen LogP contribution in [0.5, 0.6) is 0 Å². The van der Waals surface area contributed by atoms with E-state index in [9.17, 15) is 0 Å². The highest BCUT2D eigenvalue weighted by atomic mass is 35.5. The van der Waals surface area contributed by atoms with Gasteiger partial charge in [0, 0.05) is 25.3 Å². The molecule has 0 bridgehead atoms. The molecule has 21 heavy (non-hydrogen) atoms. The molecule has 1 aliphatic rings. The van der Waals surface area contributed by atoms with Gasteiger partial charge in [0.05, 0.1) is 5.02 Å². The van der Waals surface area contributed by atoms with Crippen molar-refractivity contribution < 1.29 is 0 Å². The summed E-state index contributed by atoms with van der Waals surface area (Å²) >= 11 is 6.23. The van der Waals surface area contributed by atoms with Crippen molar-refractivity contribution in [3.8, 4) is 0 Å². The van der Waals surface area contributed by atoms with Gasteiger partial charge >= 0.3 is 0 Å². The van der Waals surface area contributed by atoms with Crippen LogP contribution in [-0.4, -0.2) is 17.6 Å². The van der Waals surface area contributed by atoms with E-state index >= 15 is 0 Å². The molecule has 3 nitrogen and oxygen atoms in total. The van der Waals surface area contributed by atoms with E-state index in [1.807, 2.05) is 0 Å². The molecule has 2 N–H and O–H groups in total. The van der Waals surface area contributed by atoms with Gasteiger partial charge in [0.25, 0.3) is 0 Å². The molecule has 2 rings (SSSR count). The highest BCUT2D eigenvalue weighted by Gasteiger charge is 2.21. The molecule has 0 unspecified atom stereocenters. The van der Waals surface area contributed by atoms with Crippen molar-refractivity contribution in [3.63, 3.8) is 0 Å². The summed E-state index contributed by atoms with van der Waals surface area (Å²) in [5.41, 5.74) is 1.13. The van der Waals surface area contributed by atoms with Crippen LogP contribution in [-0.2, 0) is 6.54 Å². The van der Waals surface area contributed by atoms with Gasteiger partial charge < -0.3 is 10.6 Å². The maximum Gasteiger partial charge on any atom is 0.126 e. The first kappa shape index (κ1) is 16.6. The van der Waals surface area contributed by atoms with E-state index in [1.54, 1.807) is 6.20 Å². The van der Waals surface area contributed by atoms with Crippen LogP contribution in [0.1, 0.15) is 46.1 Å². The summed E-state index contributed by atoms with van der Waals surface area (Å²) in [6.45, 7) is 10.9. The van der Waals surface area contributed by atoms with E-state index in [0.717, 1.165) is 29.5 Å².